The van der Waals surface area contributed by atoms with Crippen LogP contribution in [0.4, 0.5) is 5.13 Å². The Morgan fingerprint density at radius 2 is 2.07 bits per heavy atom. The largest absolute Gasteiger partial charge is 0.346 e. The fraction of sp³-hybridized carbons (Fsp3) is 0.727. The van der Waals surface area contributed by atoms with Gasteiger partial charge in [-0.3, -0.25) is 4.90 Å². The number of anilines is 1. The van der Waals surface area contributed by atoms with E-state index in [1.54, 1.807) is 11.3 Å². The number of aromatic nitrogens is 1. The van der Waals surface area contributed by atoms with E-state index in [1.807, 2.05) is 0 Å². The number of hydrogen-bond donors (Lipinski definition) is 0. The van der Waals surface area contributed by atoms with Crippen molar-refractivity contribution in [1.82, 2.24) is 9.88 Å². The van der Waals surface area contributed by atoms with Crippen LogP contribution in [0.2, 0.25) is 0 Å². The van der Waals surface area contributed by atoms with Crippen molar-refractivity contribution in [2.75, 3.05) is 37.6 Å². The van der Waals surface area contributed by atoms with Crippen molar-refractivity contribution in [3.8, 4) is 0 Å². The average molecular weight is 225 g/mol. The van der Waals surface area contributed by atoms with Gasteiger partial charge in [0.25, 0.3) is 0 Å². The van der Waals surface area contributed by atoms with Crippen molar-refractivity contribution in [2.45, 2.75) is 20.3 Å². The minimum atomic E-state index is 1.13. The van der Waals surface area contributed by atoms with Crippen molar-refractivity contribution in [3.05, 3.63) is 11.1 Å². The third-order valence-electron chi connectivity index (χ3n) is 2.79. The van der Waals surface area contributed by atoms with Crippen LogP contribution in [0.1, 0.15) is 19.0 Å². The van der Waals surface area contributed by atoms with Gasteiger partial charge in [-0.15, -0.1) is 11.3 Å². The summed E-state index contributed by atoms with van der Waals surface area (Å²) in [7, 11) is 0. The second-order valence-electron chi connectivity index (χ2n) is 4.10. The molecule has 15 heavy (non-hydrogen) atoms. The van der Waals surface area contributed by atoms with Gasteiger partial charge < -0.3 is 4.90 Å². The first kappa shape index (κ1) is 10.9. The molecule has 0 amide bonds. The maximum absolute atomic E-state index is 4.53. The number of rotatable bonds is 3. The summed E-state index contributed by atoms with van der Waals surface area (Å²) in [5.74, 6) is 0. The van der Waals surface area contributed by atoms with Gasteiger partial charge >= 0.3 is 0 Å². The van der Waals surface area contributed by atoms with Crippen molar-refractivity contribution >= 4 is 16.5 Å². The zero-order chi connectivity index (χ0) is 10.7. The second-order valence-corrected chi connectivity index (χ2v) is 4.94. The lowest BCUT2D eigenvalue weighted by Gasteiger charge is -2.34. The highest BCUT2D eigenvalue weighted by atomic mass is 32.1. The van der Waals surface area contributed by atoms with Crippen molar-refractivity contribution in [3.63, 3.8) is 0 Å². The van der Waals surface area contributed by atoms with E-state index in [4.69, 9.17) is 0 Å². The molecule has 0 radical (unpaired) electrons. The van der Waals surface area contributed by atoms with Gasteiger partial charge in [0, 0.05) is 31.6 Å². The predicted molar refractivity (Wildman–Crippen MR) is 65.8 cm³/mol. The van der Waals surface area contributed by atoms with Gasteiger partial charge in [-0.2, -0.15) is 0 Å². The van der Waals surface area contributed by atoms with E-state index in [9.17, 15) is 0 Å². The van der Waals surface area contributed by atoms with Crippen molar-refractivity contribution < 1.29 is 0 Å². The molecule has 4 heteroatoms. The quantitative estimate of drug-likeness (QED) is 0.784. The average Bonchev–Trinajstić information content (AvgIpc) is 2.67. The van der Waals surface area contributed by atoms with Crippen LogP contribution >= 0.6 is 11.3 Å². The van der Waals surface area contributed by atoms with E-state index >= 15 is 0 Å². The molecule has 0 bridgehead atoms. The van der Waals surface area contributed by atoms with Crippen LogP contribution in [0.25, 0.3) is 0 Å². The summed E-state index contributed by atoms with van der Waals surface area (Å²) >= 11 is 1.77. The molecule has 84 valence electrons. The second kappa shape index (κ2) is 4.94. The van der Waals surface area contributed by atoms with Crippen LogP contribution in [0.3, 0.4) is 0 Å². The van der Waals surface area contributed by atoms with Gasteiger partial charge in [-0.1, -0.05) is 6.92 Å². The predicted octanol–water partition coefficient (Wildman–Crippen LogP) is 1.98. The Balaban J connectivity index is 1.88. The Morgan fingerprint density at radius 1 is 1.33 bits per heavy atom. The summed E-state index contributed by atoms with van der Waals surface area (Å²) in [6, 6.07) is 0. The Morgan fingerprint density at radius 3 is 2.60 bits per heavy atom. The Labute approximate surface area is 95.7 Å². The van der Waals surface area contributed by atoms with E-state index in [-0.39, 0.29) is 0 Å². The van der Waals surface area contributed by atoms with Gasteiger partial charge in [0.1, 0.15) is 0 Å². The molecule has 0 spiro atoms. The molecule has 1 aromatic heterocycles. The molecule has 1 aromatic rings. The van der Waals surface area contributed by atoms with Crippen LogP contribution in [-0.4, -0.2) is 42.6 Å². The highest BCUT2D eigenvalue weighted by Crippen LogP contribution is 2.21. The number of piperazine rings is 1. The molecular weight excluding hydrogens is 206 g/mol. The standard InChI is InChI=1S/C11H19N3S/c1-3-4-13-5-7-14(8-6-13)11-12-10(2)9-15-11/h9H,3-8H2,1-2H3. The Bertz CT molecular complexity index is 303. The number of thiazole rings is 1. The molecule has 0 aromatic carbocycles. The van der Waals surface area contributed by atoms with Crippen LogP contribution in [0.15, 0.2) is 5.38 Å². The van der Waals surface area contributed by atoms with Gasteiger partial charge in [-0.25, -0.2) is 4.98 Å². The third-order valence-corrected chi connectivity index (χ3v) is 3.81. The summed E-state index contributed by atoms with van der Waals surface area (Å²) < 4.78 is 0. The minimum absolute atomic E-state index is 1.13. The molecular formula is C11H19N3S. The SMILES string of the molecule is CCCN1CCN(c2nc(C)cs2)CC1. The van der Waals surface area contributed by atoms with Crippen LogP contribution in [0, 0.1) is 6.92 Å². The molecule has 2 rings (SSSR count). The molecule has 0 atom stereocenters. The molecule has 1 aliphatic rings. The van der Waals surface area contributed by atoms with Crippen LogP contribution < -0.4 is 4.90 Å². The van der Waals surface area contributed by atoms with Crippen molar-refractivity contribution in [1.29, 1.82) is 0 Å². The molecule has 2 heterocycles. The molecule has 1 saturated heterocycles. The Hall–Kier alpha value is -0.610. The monoisotopic (exact) mass is 225 g/mol. The number of nitrogens with zero attached hydrogens (tertiary/aromatic N) is 3. The van der Waals surface area contributed by atoms with Gasteiger partial charge in [-0.05, 0) is 19.9 Å². The molecule has 3 nitrogen and oxygen atoms in total. The lowest BCUT2D eigenvalue weighted by molar-refractivity contribution is 0.258. The van der Waals surface area contributed by atoms with E-state index in [1.165, 1.54) is 31.2 Å². The van der Waals surface area contributed by atoms with E-state index in [2.05, 4.69) is 34.0 Å². The summed E-state index contributed by atoms with van der Waals surface area (Å²) in [4.78, 5) is 9.48. The normalized spacial score (nSPS) is 18.4. The van der Waals surface area contributed by atoms with Crippen molar-refractivity contribution in [2.24, 2.45) is 0 Å². The summed E-state index contributed by atoms with van der Waals surface area (Å²) in [5.41, 5.74) is 1.14. The fourth-order valence-electron chi connectivity index (χ4n) is 1.97. The highest BCUT2D eigenvalue weighted by Gasteiger charge is 2.17. The molecule has 1 aliphatic heterocycles. The van der Waals surface area contributed by atoms with E-state index in [0.717, 1.165) is 18.8 Å². The molecule has 1 fully saturated rings. The highest BCUT2D eigenvalue weighted by molar-refractivity contribution is 7.13. The summed E-state index contributed by atoms with van der Waals surface area (Å²) in [6.07, 6.45) is 1.26. The zero-order valence-corrected chi connectivity index (χ0v) is 10.4. The minimum Gasteiger partial charge on any atom is -0.346 e. The van der Waals surface area contributed by atoms with Crippen LogP contribution in [0.5, 0.6) is 0 Å². The topological polar surface area (TPSA) is 19.4 Å². The number of hydrogen-bond acceptors (Lipinski definition) is 4. The molecule has 0 aliphatic carbocycles. The first-order chi connectivity index (χ1) is 7.29. The molecule has 0 unspecified atom stereocenters. The smallest absolute Gasteiger partial charge is 0.185 e. The van der Waals surface area contributed by atoms with E-state index in [0.29, 0.717) is 0 Å². The maximum Gasteiger partial charge on any atom is 0.185 e. The molecule has 0 N–H and O–H groups in total. The number of aryl methyl sites for hydroxylation is 1. The zero-order valence-electron chi connectivity index (χ0n) is 9.57. The summed E-state index contributed by atoms with van der Waals surface area (Å²) in [6.45, 7) is 10.2. The first-order valence-electron chi connectivity index (χ1n) is 5.69. The van der Waals surface area contributed by atoms with Gasteiger partial charge in [0.2, 0.25) is 0 Å². The molecule has 0 saturated carbocycles. The third kappa shape index (κ3) is 2.69. The lowest BCUT2D eigenvalue weighted by atomic mass is 10.3. The maximum atomic E-state index is 4.53. The lowest BCUT2D eigenvalue weighted by Crippen LogP contribution is -2.46. The Kier molecular flexibility index (Phi) is 3.59. The van der Waals surface area contributed by atoms with Crippen LogP contribution in [-0.2, 0) is 0 Å². The first-order valence-corrected chi connectivity index (χ1v) is 6.57. The summed E-state index contributed by atoms with van der Waals surface area (Å²) in [5, 5.41) is 3.33. The van der Waals surface area contributed by atoms with Gasteiger partial charge in [0.15, 0.2) is 5.13 Å². The van der Waals surface area contributed by atoms with Gasteiger partial charge in [0.05, 0.1) is 5.69 Å². The fourth-order valence-corrected chi connectivity index (χ4v) is 2.82. The van der Waals surface area contributed by atoms with E-state index < -0.39 is 0 Å².